The Bertz CT molecular complexity index is 694. The highest BCUT2D eigenvalue weighted by atomic mass is 32.2. The van der Waals surface area contributed by atoms with Crippen molar-refractivity contribution in [1.82, 2.24) is 10.1 Å². The highest BCUT2D eigenvalue weighted by Crippen LogP contribution is 2.38. The lowest BCUT2D eigenvalue weighted by Gasteiger charge is -2.41. The molecule has 0 radical (unpaired) electrons. The first-order chi connectivity index (χ1) is 11.5. The summed E-state index contributed by atoms with van der Waals surface area (Å²) in [5.41, 5.74) is 2.94. The van der Waals surface area contributed by atoms with Crippen molar-refractivity contribution in [1.29, 1.82) is 0 Å². The van der Waals surface area contributed by atoms with Gasteiger partial charge in [0.25, 0.3) is 0 Å². The Morgan fingerprint density at radius 1 is 1.33 bits per heavy atom. The topological polar surface area (TPSA) is 46.3 Å². The molecular formula is C19H24N2O2S. The highest BCUT2D eigenvalue weighted by molar-refractivity contribution is 8.00. The van der Waals surface area contributed by atoms with E-state index in [0.29, 0.717) is 5.25 Å². The van der Waals surface area contributed by atoms with Crippen molar-refractivity contribution in [2.75, 3.05) is 12.3 Å². The number of amides is 1. The molecule has 4 nitrogen and oxygen atoms in total. The maximum absolute atomic E-state index is 13.3. The molecule has 1 aromatic heterocycles. The summed E-state index contributed by atoms with van der Waals surface area (Å²) < 4.78 is 5.26. The van der Waals surface area contributed by atoms with E-state index in [1.54, 1.807) is 0 Å². The number of carbonyl (C=O) groups is 1. The predicted octanol–water partition coefficient (Wildman–Crippen LogP) is 4.10. The number of benzene rings is 1. The van der Waals surface area contributed by atoms with Gasteiger partial charge in [0, 0.05) is 23.1 Å². The van der Waals surface area contributed by atoms with Gasteiger partial charge in [0.05, 0.1) is 17.7 Å². The Kier molecular flexibility index (Phi) is 4.99. The Morgan fingerprint density at radius 3 is 2.67 bits per heavy atom. The number of hydrogen-bond donors (Lipinski definition) is 0. The van der Waals surface area contributed by atoms with Crippen LogP contribution in [0.15, 0.2) is 34.9 Å². The molecular weight excluding hydrogens is 320 g/mol. The van der Waals surface area contributed by atoms with Gasteiger partial charge in [-0.05, 0) is 26.3 Å². The molecule has 1 aromatic carbocycles. The summed E-state index contributed by atoms with van der Waals surface area (Å²) in [6, 6.07) is 10.5. The lowest BCUT2D eigenvalue weighted by molar-refractivity contribution is -0.135. The molecule has 2 aromatic rings. The van der Waals surface area contributed by atoms with Crippen LogP contribution in [0.25, 0.3) is 0 Å². The summed E-state index contributed by atoms with van der Waals surface area (Å²) in [5, 5.41) is 4.38. The monoisotopic (exact) mass is 344 g/mol. The SMILES string of the molecule is Cc1noc(C)c1[C@H](C)C(=O)N1CCS[C@H](C)[C@@H]1c1ccccc1. The number of aromatic nitrogens is 1. The predicted molar refractivity (Wildman–Crippen MR) is 97.2 cm³/mol. The molecule has 1 aliphatic rings. The van der Waals surface area contributed by atoms with E-state index in [1.165, 1.54) is 5.56 Å². The summed E-state index contributed by atoms with van der Waals surface area (Å²) in [5.74, 6) is 1.64. The normalized spacial score (nSPS) is 22.4. The maximum atomic E-state index is 13.3. The molecule has 1 saturated heterocycles. The first-order valence-corrected chi connectivity index (χ1v) is 9.45. The number of aryl methyl sites for hydroxylation is 2. The second-order valence-electron chi connectivity index (χ2n) is 6.42. The largest absolute Gasteiger partial charge is 0.361 e. The smallest absolute Gasteiger partial charge is 0.230 e. The maximum Gasteiger partial charge on any atom is 0.230 e. The zero-order valence-electron chi connectivity index (χ0n) is 14.7. The van der Waals surface area contributed by atoms with Crippen LogP contribution in [0.3, 0.4) is 0 Å². The van der Waals surface area contributed by atoms with Crippen LogP contribution in [0.5, 0.6) is 0 Å². The van der Waals surface area contributed by atoms with E-state index in [1.807, 2.05) is 55.6 Å². The van der Waals surface area contributed by atoms with Crippen LogP contribution in [0.1, 0.15) is 48.4 Å². The Hall–Kier alpha value is -1.75. The molecule has 1 amide bonds. The lowest BCUT2D eigenvalue weighted by atomic mass is 9.95. The number of hydrogen-bond acceptors (Lipinski definition) is 4. The summed E-state index contributed by atoms with van der Waals surface area (Å²) >= 11 is 1.93. The average Bonchev–Trinajstić information content (AvgIpc) is 2.92. The molecule has 2 heterocycles. The van der Waals surface area contributed by atoms with Crippen LogP contribution in [0.2, 0.25) is 0 Å². The molecule has 1 fully saturated rings. The van der Waals surface area contributed by atoms with E-state index in [-0.39, 0.29) is 17.9 Å². The number of nitrogens with zero attached hydrogens (tertiary/aromatic N) is 2. The van der Waals surface area contributed by atoms with E-state index in [2.05, 4.69) is 24.2 Å². The molecule has 3 rings (SSSR count). The quantitative estimate of drug-likeness (QED) is 0.841. The molecule has 0 bridgehead atoms. The van der Waals surface area contributed by atoms with Crippen LogP contribution < -0.4 is 0 Å². The van der Waals surface area contributed by atoms with E-state index in [9.17, 15) is 4.79 Å². The van der Waals surface area contributed by atoms with E-state index < -0.39 is 0 Å². The summed E-state index contributed by atoms with van der Waals surface area (Å²) in [4.78, 5) is 15.3. The van der Waals surface area contributed by atoms with E-state index in [0.717, 1.165) is 29.3 Å². The molecule has 3 atom stereocenters. The molecule has 0 aliphatic carbocycles. The zero-order chi connectivity index (χ0) is 17.3. The lowest BCUT2D eigenvalue weighted by Crippen LogP contribution is -2.45. The third kappa shape index (κ3) is 3.09. The Morgan fingerprint density at radius 2 is 2.04 bits per heavy atom. The van der Waals surface area contributed by atoms with Gasteiger partial charge in [0.1, 0.15) is 5.76 Å². The minimum Gasteiger partial charge on any atom is -0.361 e. The van der Waals surface area contributed by atoms with E-state index >= 15 is 0 Å². The first kappa shape index (κ1) is 17.1. The van der Waals surface area contributed by atoms with Gasteiger partial charge >= 0.3 is 0 Å². The van der Waals surface area contributed by atoms with Gasteiger partial charge in [0.2, 0.25) is 5.91 Å². The number of carbonyl (C=O) groups excluding carboxylic acids is 1. The minimum absolute atomic E-state index is 0.111. The Labute approximate surface area is 147 Å². The fraction of sp³-hybridized carbons (Fsp3) is 0.474. The van der Waals surface area contributed by atoms with Gasteiger partial charge in [-0.2, -0.15) is 11.8 Å². The molecule has 1 aliphatic heterocycles. The van der Waals surface area contributed by atoms with Crippen molar-refractivity contribution in [3.05, 3.63) is 52.9 Å². The Balaban J connectivity index is 1.92. The summed E-state index contributed by atoms with van der Waals surface area (Å²) in [6.45, 7) is 8.73. The fourth-order valence-electron chi connectivity index (χ4n) is 3.65. The molecule has 0 spiro atoms. The zero-order valence-corrected chi connectivity index (χ0v) is 15.5. The average molecular weight is 344 g/mol. The molecule has 0 N–H and O–H groups in total. The van der Waals surface area contributed by atoms with Crippen LogP contribution in [0.4, 0.5) is 0 Å². The summed E-state index contributed by atoms with van der Waals surface area (Å²) in [7, 11) is 0. The molecule has 128 valence electrons. The second kappa shape index (κ2) is 7.01. The van der Waals surface area contributed by atoms with Gasteiger partial charge in [-0.1, -0.05) is 42.4 Å². The first-order valence-electron chi connectivity index (χ1n) is 8.40. The molecule has 24 heavy (non-hydrogen) atoms. The third-order valence-electron chi connectivity index (χ3n) is 4.81. The minimum atomic E-state index is -0.238. The van der Waals surface area contributed by atoms with Crippen LogP contribution >= 0.6 is 11.8 Å². The van der Waals surface area contributed by atoms with Crippen molar-refractivity contribution in [2.24, 2.45) is 0 Å². The highest BCUT2D eigenvalue weighted by Gasteiger charge is 2.36. The fourth-order valence-corrected chi connectivity index (χ4v) is 4.81. The van der Waals surface area contributed by atoms with Crippen LogP contribution in [-0.4, -0.2) is 33.5 Å². The van der Waals surface area contributed by atoms with Crippen LogP contribution in [-0.2, 0) is 4.79 Å². The van der Waals surface area contributed by atoms with E-state index in [4.69, 9.17) is 4.52 Å². The van der Waals surface area contributed by atoms with Crippen molar-refractivity contribution < 1.29 is 9.32 Å². The van der Waals surface area contributed by atoms with Gasteiger partial charge in [0.15, 0.2) is 0 Å². The molecule has 5 heteroatoms. The van der Waals surface area contributed by atoms with Gasteiger partial charge < -0.3 is 9.42 Å². The van der Waals surface area contributed by atoms with Crippen LogP contribution in [0, 0.1) is 13.8 Å². The van der Waals surface area contributed by atoms with Crippen molar-refractivity contribution >= 4 is 17.7 Å². The van der Waals surface area contributed by atoms with Crippen molar-refractivity contribution in [3.8, 4) is 0 Å². The standard InChI is InChI=1S/C19H24N2O2S/c1-12(17-13(2)20-23-14(17)3)19(22)21-10-11-24-15(4)18(21)16-8-6-5-7-9-16/h5-9,12,15,18H,10-11H2,1-4H3/t12-,15+,18+/m0/s1. The molecule has 0 saturated carbocycles. The second-order valence-corrected chi connectivity index (χ2v) is 7.91. The summed E-state index contributed by atoms with van der Waals surface area (Å²) in [6.07, 6.45) is 0. The number of thioether (sulfide) groups is 1. The van der Waals surface area contributed by atoms with Gasteiger partial charge in [-0.15, -0.1) is 0 Å². The van der Waals surface area contributed by atoms with Gasteiger partial charge in [-0.25, -0.2) is 0 Å². The third-order valence-corrected chi connectivity index (χ3v) is 6.01. The van der Waals surface area contributed by atoms with Crippen molar-refractivity contribution in [2.45, 2.75) is 44.9 Å². The van der Waals surface area contributed by atoms with Gasteiger partial charge in [-0.3, -0.25) is 4.79 Å². The number of rotatable bonds is 3. The molecule has 0 unspecified atom stereocenters. The van der Waals surface area contributed by atoms with Crippen molar-refractivity contribution in [3.63, 3.8) is 0 Å².